The summed E-state index contributed by atoms with van der Waals surface area (Å²) < 4.78 is 11.1. The van der Waals surface area contributed by atoms with Crippen molar-refractivity contribution in [3.63, 3.8) is 0 Å². The molecule has 2 aromatic carbocycles. The van der Waals surface area contributed by atoms with E-state index >= 15 is 0 Å². The highest BCUT2D eigenvalue weighted by atomic mass is 32.2. The molecule has 0 aromatic heterocycles. The molecule has 2 heterocycles. The van der Waals surface area contributed by atoms with Crippen LogP contribution in [0.25, 0.3) is 10.8 Å². The van der Waals surface area contributed by atoms with Crippen LogP contribution in [0.1, 0.15) is 46.9 Å². The molecule has 1 aliphatic carbocycles. The lowest BCUT2D eigenvalue weighted by atomic mass is 9.93. The van der Waals surface area contributed by atoms with E-state index in [0.717, 1.165) is 30.4 Å². The number of unbranched alkanes of at least 4 members (excludes halogenated alkanes) is 2. The number of carbonyl (C=O) groups is 3. The van der Waals surface area contributed by atoms with Crippen LogP contribution in [0.2, 0.25) is 0 Å². The fourth-order valence-electron chi connectivity index (χ4n) is 4.42. The molecule has 0 radical (unpaired) electrons. The molecule has 0 spiro atoms. The van der Waals surface area contributed by atoms with Gasteiger partial charge >= 0.3 is 5.97 Å². The van der Waals surface area contributed by atoms with Crippen LogP contribution in [-0.4, -0.2) is 52.4 Å². The van der Waals surface area contributed by atoms with Crippen LogP contribution in [0.3, 0.4) is 0 Å². The summed E-state index contributed by atoms with van der Waals surface area (Å²) in [6, 6.07) is 8.97. The van der Waals surface area contributed by atoms with Crippen LogP contribution >= 0.6 is 11.8 Å². The van der Waals surface area contributed by atoms with Crippen molar-refractivity contribution in [1.29, 1.82) is 0 Å². The Morgan fingerprint density at radius 1 is 1.06 bits per heavy atom. The van der Waals surface area contributed by atoms with Gasteiger partial charge in [0.1, 0.15) is 5.75 Å². The first kappa shape index (κ1) is 24.1. The van der Waals surface area contributed by atoms with Crippen molar-refractivity contribution in [2.75, 3.05) is 13.2 Å². The van der Waals surface area contributed by atoms with Gasteiger partial charge < -0.3 is 9.47 Å². The number of allylic oxidation sites excluding steroid dienone is 3. The topological polar surface area (TPSA) is 85.3 Å². The zero-order valence-electron chi connectivity index (χ0n) is 19.9. The Morgan fingerprint density at radius 3 is 2.61 bits per heavy atom. The van der Waals surface area contributed by atoms with E-state index in [-0.39, 0.29) is 23.0 Å². The third-order valence-corrected chi connectivity index (χ3v) is 7.48. The molecule has 5 rings (SSSR count). The van der Waals surface area contributed by atoms with E-state index in [4.69, 9.17) is 9.47 Å². The number of amides is 2. The van der Waals surface area contributed by atoms with E-state index in [1.54, 1.807) is 25.1 Å². The molecule has 0 fully saturated rings. The van der Waals surface area contributed by atoms with Crippen LogP contribution in [0.4, 0.5) is 0 Å². The standard InChI is InChI=1S/C28H26N2O5S/c1-17(2)27(33)35-16-7-3-6-15-34-22-14-13-20-24-18(22)9-8-10-19(24)25(31)30(26(20)32)28-29-21-11-4-5-12-23(21)36-28/h4-5,8-14,23,28H,1,3,6-7,15-16H2,2H3. The normalized spacial score (nSPS) is 19.9. The molecular formula is C28H26N2O5S. The molecule has 2 amide bonds. The van der Waals surface area contributed by atoms with Gasteiger partial charge in [-0.05, 0) is 50.5 Å². The highest BCUT2D eigenvalue weighted by Gasteiger charge is 2.41. The third kappa shape index (κ3) is 4.48. The Hall–Kier alpha value is -3.65. The lowest BCUT2D eigenvalue weighted by molar-refractivity contribution is -0.139. The molecule has 0 bridgehead atoms. The fraction of sp³-hybridized carbons (Fsp3) is 0.286. The summed E-state index contributed by atoms with van der Waals surface area (Å²) in [5.74, 6) is -0.417. The maximum absolute atomic E-state index is 13.5. The summed E-state index contributed by atoms with van der Waals surface area (Å²) >= 11 is 1.48. The van der Waals surface area contributed by atoms with Gasteiger partial charge in [-0.1, -0.05) is 48.7 Å². The molecule has 0 N–H and O–H groups in total. The van der Waals surface area contributed by atoms with Gasteiger partial charge in [0, 0.05) is 27.5 Å². The zero-order valence-corrected chi connectivity index (χ0v) is 20.8. The number of ether oxygens (including phenoxy) is 2. The van der Waals surface area contributed by atoms with Crippen molar-refractivity contribution in [2.45, 2.75) is 36.9 Å². The number of esters is 1. The summed E-state index contributed by atoms with van der Waals surface area (Å²) in [4.78, 5) is 44.3. The number of fused-ring (bicyclic) bond motifs is 1. The van der Waals surface area contributed by atoms with Crippen molar-refractivity contribution in [1.82, 2.24) is 4.90 Å². The number of hydrogen-bond donors (Lipinski definition) is 0. The molecule has 7 nitrogen and oxygen atoms in total. The van der Waals surface area contributed by atoms with Crippen molar-refractivity contribution < 1.29 is 23.9 Å². The summed E-state index contributed by atoms with van der Waals surface area (Å²) in [6.07, 6.45) is 10.2. The predicted molar refractivity (Wildman–Crippen MR) is 140 cm³/mol. The van der Waals surface area contributed by atoms with E-state index in [9.17, 15) is 14.4 Å². The number of nitrogens with zero attached hydrogens (tertiary/aromatic N) is 2. The molecule has 184 valence electrons. The maximum Gasteiger partial charge on any atom is 0.333 e. The highest BCUT2D eigenvalue weighted by Crippen LogP contribution is 2.40. The van der Waals surface area contributed by atoms with E-state index < -0.39 is 5.50 Å². The molecule has 0 saturated heterocycles. The average Bonchev–Trinajstić information content (AvgIpc) is 3.30. The minimum atomic E-state index is -0.591. The number of rotatable bonds is 9. The van der Waals surface area contributed by atoms with Gasteiger partial charge in [-0.2, -0.15) is 0 Å². The lowest BCUT2D eigenvalue weighted by Gasteiger charge is -2.30. The Morgan fingerprint density at radius 2 is 1.83 bits per heavy atom. The first-order valence-corrected chi connectivity index (χ1v) is 12.9. The number of carbonyl (C=O) groups excluding carboxylic acids is 3. The predicted octanol–water partition coefficient (Wildman–Crippen LogP) is 5.07. The molecule has 2 aromatic rings. The first-order chi connectivity index (χ1) is 17.5. The van der Waals surface area contributed by atoms with Crippen LogP contribution in [-0.2, 0) is 9.53 Å². The molecule has 2 aliphatic heterocycles. The molecular weight excluding hydrogens is 476 g/mol. The summed E-state index contributed by atoms with van der Waals surface area (Å²) in [5, 5.41) is 1.42. The van der Waals surface area contributed by atoms with Crippen LogP contribution < -0.4 is 4.74 Å². The second kappa shape index (κ2) is 10.1. The molecule has 2 unspecified atom stereocenters. The SMILES string of the molecule is C=C(C)C(=O)OCCCCCOc1ccc2c3c(cccc13)C(=O)N(C1N=C3C=CC=CC3S1)C2=O. The van der Waals surface area contributed by atoms with E-state index in [1.165, 1.54) is 16.7 Å². The van der Waals surface area contributed by atoms with Crippen LogP contribution in [0.15, 0.2) is 71.8 Å². The average molecular weight is 503 g/mol. The second-order valence-corrected chi connectivity index (χ2v) is 10.0. The lowest BCUT2D eigenvalue weighted by Crippen LogP contribution is -2.44. The van der Waals surface area contributed by atoms with E-state index in [2.05, 4.69) is 11.6 Å². The monoisotopic (exact) mass is 502 g/mol. The van der Waals surface area contributed by atoms with Gasteiger partial charge in [0.2, 0.25) is 0 Å². The van der Waals surface area contributed by atoms with Crippen molar-refractivity contribution in [3.05, 3.63) is 77.9 Å². The molecule has 3 aliphatic rings. The Kier molecular flexibility index (Phi) is 6.78. The van der Waals surface area contributed by atoms with Crippen LogP contribution in [0.5, 0.6) is 5.75 Å². The summed E-state index contributed by atoms with van der Waals surface area (Å²) in [7, 11) is 0. The van der Waals surface area contributed by atoms with Crippen molar-refractivity contribution in [3.8, 4) is 5.75 Å². The molecule has 8 heteroatoms. The van der Waals surface area contributed by atoms with Crippen molar-refractivity contribution in [2.24, 2.45) is 4.99 Å². The Balaban J connectivity index is 1.28. The van der Waals surface area contributed by atoms with Gasteiger partial charge in [-0.15, -0.1) is 0 Å². The van der Waals surface area contributed by atoms with E-state index in [0.29, 0.717) is 41.0 Å². The van der Waals surface area contributed by atoms with Gasteiger partial charge in [0.05, 0.1) is 24.2 Å². The van der Waals surface area contributed by atoms with E-state index in [1.807, 2.05) is 36.4 Å². The number of thioether (sulfide) groups is 1. The number of imide groups is 1. The summed E-state index contributed by atoms with van der Waals surface area (Å²) in [5.41, 5.74) is 1.63. The minimum Gasteiger partial charge on any atom is -0.493 e. The molecule has 2 atom stereocenters. The fourth-order valence-corrected chi connectivity index (χ4v) is 5.64. The van der Waals surface area contributed by atoms with Crippen molar-refractivity contribution >= 4 is 46.0 Å². The second-order valence-electron chi connectivity index (χ2n) is 8.83. The smallest absolute Gasteiger partial charge is 0.333 e. The third-order valence-electron chi connectivity index (χ3n) is 6.23. The maximum atomic E-state index is 13.5. The Labute approximate surface area is 213 Å². The largest absolute Gasteiger partial charge is 0.493 e. The minimum absolute atomic E-state index is 0.0479. The first-order valence-electron chi connectivity index (χ1n) is 11.9. The number of hydrogen-bond acceptors (Lipinski definition) is 7. The highest BCUT2D eigenvalue weighted by molar-refractivity contribution is 8.01. The quantitative estimate of drug-likeness (QED) is 0.206. The summed E-state index contributed by atoms with van der Waals surface area (Å²) in [6.45, 7) is 6.01. The van der Waals surface area contributed by atoms with Crippen LogP contribution in [0, 0.1) is 0 Å². The van der Waals surface area contributed by atoms with Gasteiger partial charge in [0.25, 0.3) is 11.8 Å². The van der Waals surface area contributed by atoms with Gasteiger partial charge in [-0.3, -0.25) is 14.6 Å². The van der Waals surface area contributed by atoms with Gasteiger partial charge in [0.15, 0.2) is 5.50 Å². The van der Waals surface area contributed by atoms with Gasteiger partial charge in [-0.25, -0.2) is 9.69 Å². The Bertz CT molecular complexity index is 1340. The number of benzene rings is 2. The molecule has 0 saturated carbocycles. The molecule has 36 heavy (non-hydrogen) atoms. The zero-order chi connectivity index (χ0) is 25.2. The number of aliphatic imine (C=N–C) groups is 1.